The second-order valence-corrected chi connectivity index (χ2v) is 7.43. The van der Waals surface area contributed by atoms with E-state index in [0.29, 0.717) is 18.8 Å². The molecule has 4 nitrogen and oxygen atoms in total. The number of benzene rings is 2. The largest absolute Gasteiger partial charge is 0.418 e. The summed E-state index contributed by atoms with van der Waals surface area (Å²) >= 11 is 0. The van der Waals surface area contributed by atoms with Gasteiger partial charge in [0.2, 0.25) is 5.91 Å². The third-order valence-electron chi connectivity index (χ3n) is 5.44. The number of para-hydroxylation sites is 1. The van der Waals surface area contributed by atoms with Crippen molar-refractivity contribution in [1.82, 2.24) is 0 Å². The van der Waals surface area contributed by atoms with Crippen LogP contribution in [0.25, 0.3) is 0 Å². The Bertz CT molecular complexity index is 931. The van der Waals surface area contributed by atoms with Crippen LogP contribution < -0.4 is 10.2 Å². The normalized spacial score (nSPS) is 19.9. The van der Waals surface area contributed by atoms with Gasteiger partial charge in [0.25, 0.3) is 0 Å². The van der Waals surface area contributed by atoms with Crippen LogP contribution in [0, 0.1) is 0 Å². The van der Waals surface area contributed by atoms with Crippen molar-refractivity contribution in [1.29, 1.82) is 0 Å². The zero-order valence-electron chi connectivity index (χ0n) is 15.9. The van der Waals surface area contributed by atoms with Crippen LogP contribution in [0.1, 0.15) is 42.7 Å². The van der Waals surface area contributed by atoms with Crippen LogP contribution >= 0.6 is 0 Å². The molecule has 0 aromatic heterocycles. The van der Waals surface area contributed by atoms with Crippen LogP contribution in [0.15, 0.2) is 47.5 Å². The van der Waals surface area contributed by atoms with Gasteiger partial charge in [0.05, 0.1) is 11.3 Å². The number of fused-ring (bicyclic) bond motifs is 1. The molecule has 1 atom stereocenters. The molecule has 29 heavy (non-hydrogen) atoms. The molecule has 0 spiro atoms. The molecule has 0 aliphatic carbocycles. The molecular weight excluding hydrogens is 379 g/mol. The minimum absolute atomic E-state index is 0.188. The molecule has 1 saturated heterocycles. The topological polar surface area (TPSA) is 44.7 Å². The van der Waals surface area contributed by atoms with Gasteiger partial charge in [-0.05, 0) is 42.7 Å². The van der Waals surface area contributed by atoms with Gasteiger partial charge in [-0.15, -0.1) is 0 Å². The summed E-state index contributed by atoms with van der Waals surface area (Å²) in [6, 6.07) is 11.4. The summed E-state index contributed by atoms with van der Waals surface area (Å²) in [6.07, 6.45) is 0.837. The van der Waals surface area contributed by atoms with Gasteiger partial charge in [0.1, 0.15) is 5.92 Å². The molecule has 2 aliphatic heterocycles. The highest BCUT2D eigenvalue weighted by atomic mass is 19.4. The molecule has 0 saturated carbocycles. The molecule has 2 aromatic carbocycles. The van der Waals surface area contributed by atoms with Crippen molar-refractivity contribution < 1.29 is 18.0 Å². The van der Waals surface area contributed by atoms with E-state index in [-0.39, 0.29) is 17.3 Å². The molecule has 1 unspecified atom stereocenters. The molecule has 2 aromatic rings. The average molecular weight is 401 g/mol. The number of hydrogen-bond donors (Lipinski definition) is 1. The SMILES string of the molecule is O=C1Nc2ccccc2C1C=Nc1ccc(N2CCCCCC2)c(C(F)(F)F)c1. The summed E-state index contributed by atoms with van der Waals surface area (Å²) in [6.45, 7) is 1.26. The zero-order chi connectivity index (χ0) is 20.4. The third-order valence-corrected chi connectivity index (χ3v) is 5.44. The van der Waals surface area contributed by atoms with Gasteiger partial charge in [0, 0.05) is 30.7 Å². The fraction of sp³-hybridized carbons (Fsp3) is 0.364. The summed E-state index contributed by atoms with van der Waals surface area (Å²) < 4.78 is 41.2. The van der Waals surface area contributed by atoms with Gasteiger partial charge in [-0.1, -0.05) is 31.0 Å². The summed E-state index contributed by atoms with van der Waals surface area (Å²) in [5.41, 5.74) is 1.21. The maximum absolute atomic E-state index is 13.7. The number of rotatable bonds is 3. The molecule has 2 heterocycles. The number of carbonyl (C=O) groups is 1. The molecule has 2 aliphatic rings. The number of nitrogens with zero attached hydrogens (tertiary/aromatic N) is 2. The van der Waals surface area contributed by atoms with Crippen molar-refractivity contribution in [3.63, 3.8) is 0 Å². The highest BCUT2D eigenvalue weighted by Crippen LogP contribution is 2.40. The number of aliphatic imine (C=N–C) groups is 1. The van der Waals surface area contributed by atoms with Crippen LogP contribution in [-0.2, 0) is 11.0 Å². The Kier molecular flexibility index (Phi) is 5.30. The predicted molar refractivity (Wildman–Crippen MR) is 108 cm³/mol. The van der Waals surface area contributed by atoms with Gasteiger partial charge >= 0.3 is 6.18 Å². The number of halogens is 3. The zero-order valence-corrected chi connectivity index (χ0v) is 15.9. The van der Waals surface area contributed by atoms with Crippen LogP contribution in [0.4, 0.5) is 30.2 Å². The van der Waals surface area contributed by atoms with E-state index in [9.17, 15) is 18.0 Å². The lowest BCUT2D eigenvalue weighted by Gasteiger charge is -2.26. The molecule has 0 radical (unpaired) electrons. The Morgan fingerprint density at radius 2 is 1.76 bits per heavy atom. The molecule has 1 amide bonds. The van der Waals surface area contributed by atoms with Crippen LogP contribution in [0.5, 0.6) is 0 Å². The predicted octanol–water partition coefficient (Wildman–Crippen LogP) is 5.52. The number of nitrogens with one attached hydrogen (secondary N) is 1. The van der Waals surface area contributed by atoms with Gasteiger partial charge < -0.3 is 10.2 Å². The molecule has 0 bridgehead atoms. The van der Waals surface area contributed by atoms with E-state index in [2.05, 4.69) is 10.3 Å². The maximum atomic E-state index is 13.7. The maximum Gasteiger partial charge on any atom is 0.418 e. The summed E-state index contributed by atoms with van der Waals surface area (Å²) in [7, 11) is 0. The van der Waals surface area contributed by atoms with E-state index in [1.165, 1.54) is 12.3 Å². The van der Waals surface area contributed by atoms with Crippen molar-refractivity contribution in [2.45, 2.75) is 37.8 Å². The Morgan fingerprint density at radius 3 is 2.48 bits per heavy atom. The lowest BCUT2D eigenvalue weighted by Crippen LogP contribution is -2.26. The number of carbonyl (C=O) groups excluding carboxylic acids is 1. The monoisotopic (exact) mass is 401 g/mol. The Hall–Kier alpha value is -2.83. The highest BCUT2D eigenvalue weighted by Gasteiger charge is 2.35. The summed E-state index contributed by atoms with van der Waals surface area (Å²) in [5.74, 6) is -0.835. The first-order valence-electron chi connectivity index (χ1n) is 9.84. The minimum Gasteiger partial charge on any atom is -0.371 e. The first-order chi connectivity index (χ1) is 13.9. The fourth-order valence-electron chi connectivity index (χ4n) is 3.96. The standard InChI is InChI=1S/C22H22F3N3O/c23-22(24,25)18-13-15(9-10-20(18)28-11-5-1-2-6-12-28)26-14-17-16-7-3-4-8-19(16)27-21(17)29/h3-4,7-10,13-14,17H,1-2,5-6,11-12H2,(H,27,29). The first-order valence-corrected chi connectivity index (χ1v) is 9.84. The van der Waals surface area contributed by atoms with Crippen LogP contribution in [0.3, 0.4) is 0 Å². The lowest BCUT2D eigenvalue weighted by atomic mass is 10.0. The Balaban J connectivity index is 1.63. The molecular formula is C22H22F3N3O. The molecule has 7 heteroatoms. The number of alkyl halides is 3. The molecule has 1 fully saturated rings. The lowest BCUT2D eigenvalue weighted by molar-refractivity contribution is -0.137. The second-order valence-electron chi connectivity index (χ2n) is 7.43. The number of hydrogen-bond acceptors (Lipinski definition) is 3. The van der Waals surface area contributed by atoms with Crippen LogP contribution in [-0.4, -0.2) is 25.2 Å². The number of amides is 1. The Labute approximate surface area is 167 Å². The molecule has 1 N–H and O–H groups in total. The first kappa shape index (κ1) is 19.5. The quantitative estimate of drug-likeness (QED) is 0.688. The van der Waals surface area contributed by atoms with Crippen molar-refractivity contribution in [2.75, 3.05) is 23.3 Å². The van der Waals surface area contributed by atoms with Gasteiger partial charge in [-0.25, -0.2) is 0 Å². The van der Waals surface area contributed by atoms with Crippen molar-refractivity contribution >= 4 is 29.2 Å². The Morgan fingerprint density at radius 1 is 1.03 bits per heavy atom. The highest BCUT2D eigenvalue weighted by molar-refractivity contribution is 6.12. The van der Waals surface area contributed by atoms with Crippen molar-refractivity contribution in [2.24, 2.45) is 4.99 Å². The molecule has 152 valence electrons. The van der Waals surface area contributed by atoms with Gasteiger partial charge in [-0.3, -0.25) is 9.79 Å². The number of anilines is 2. The minimum atomic E-state index is -4.47. The van der Waals surface area contributed by atoms with Gasteiger partial charge in [-0.2, -0.15) is 13.2 Å². The third kappa shape index (κ3) is 4.13. The average Bonchev–Trinajstić information content (AvgIpc) is 2.85. The van der Waals surface area contributed by atoms with E-state index in [1.54, 1.807) is 12.1 Å². The van der Waals surface area contributed by atoms with E-state index in [0.717, 1.165) is 37.3 Å². The van der Waals surface area contributed by atoms with Crippen molar-refractivity contribution in [3.05, 3.63) is 53.6 Å². The van der Waals surface area contributed by atoms with E-state index in [4.69, 9.17) is 0 Å². The second kappa shape index (κ2) is 7.89. The van der Waals surface area contributed by atoms with E-state index < -0.39 is 17.7 Å². The smallest absolute Gasteiger partial charge is 0.371 e. The fourth-order valence-corrected chi connectivity index (χ4v) is 3.96. The van der Waals surface area contributed by atoms with Crippen molar-refractivity contribution in [3.8, 4) is 0 Å². The summed E-state index contributed by atoms with van der Waals surface area (Å²) in [4.78, 5) is 18.2. The summed E-state index contributed by atoms with van der Waals surface area (Å²) in [5, 5.41) is 2.76. The van der Waals surface area contributed by atoms with E-state index in [1.807, 2.05) is 23.1 Å². The van der Waals surface area contributed by atoms with Gasteiger partial charge in [0.15, 0.2) is 0 Å². The van der Waals surface area contributed by atoms with E-state index >= 15 is 0 Å². The van der Waals surface area contributed by atoms with Crippen LogP contribution in [0.2, 0.25) is 0 Å². The molecule has 4 rings (SSSR count).